The summed E-state index contributed by atoms with van der Waals surface area (Å²) in [4.78, 5) is 35.2. The number of carbonyl (C=O) groups is 2. The Bertz CT molecular complexity index is 659. The van der Waals surface area contributed by atoms with E-state index in [2.05, 4.69) is 5.32 Å². The van der Waals surface area contributed by atoms with Crippen LogP contribution in [0.15, 0.2) is 30.3 Å². The average Bonchev–Trinajstić information content (AvgIpc) is 2.58. The first kappa shape index (κ1) is 17.5. The van der Waals surface area contributed by atoms with Gasteiger partial charge in [-0.1, -0.05) is 12.1 Å². The molecule has 1 saturated heterocycles. The number of urea groups is 1. The molecule has 1 aromatic rings. The maximum absolute atomic E-state index is 12.3. The molecule has 2 rings (SSSR count). The van der Waals surface area contributed by atoms with Crippen LogP contribution in [0.25, 0.3) is 6.08 Å². The molecular weight excluding hydrogens is 312 g/mol. The SMILES string of the molecule is NC(=O)NCC1CCCN(C(=O)C=Cc2ccccc2[N+](=O)[O-])C1. The van der Waals surface area contributed by atoms with Crippen molar-refractivity contribution in [1.29, 1.82) is 0 Å². The fraction of sp³-hybridized carbons (Fsp3) is 0.375. The van der Waals surface area contributed by atoms with Gasteiger partial charge in [-0.15, -0.1) is 0 Å². The Kier molecular flexibility index (Phi) is 5.89. The average molecular weight is 332 g/mol. The molecule has 0 aromatic heterocycles. The van der Waals surface area contributed by atoms with E-state index < -0.39 is 11.0 Å². The molecule has 0 radical (unpaired) electrons. The van der Waals surface area contributed by atoms with E-state index in [1.165, 1.54) is 18.2 Å². The van der Waals surface area contributed by atoms with Crippen molar-refractivity contribution in [3.8, 4) is 0 Å². The molecule has 0 saturated carbocycles. The molecule has 1 heterocycles. The monoisotopic (exact) mass is 332 g/mol. The summed E-state index contributed by atoms with van der Waals surface area (Å²) >= 11 is 0. The number of nitrogens with zero attached hydrogens (tertiary/aromatic N) is 2. The van der Waals surface area contributed by atoms with Gasteiger partial charge in [-0.2, -0.15) is 0 Å². The number of rotatable bonds is 5. The zero-order chi connectivity index (χ0) is 17.5. The number of nitro benzene ring substituents is 1. The van der Waals surface area contributed by atoms with Crippen molar-refractivity contribution in [3.63, 3.8) is 0 Å². The standard InChI is InChI=1S/C16H20N4O4/c17-16(22)18-10-12-4-3-9-19(11-12)15(21)8-7-13-5-1-2-6-14(13)20(23)24/h1-2,5-8,12H,3-4,9-11H2,(H3,17,18,22). The number of hydrogen-bond acceptors (Lipinski definition) is 4. The number of nitro groups is 1. The normalized spacial score (nSPS) is 17.7. The van der Waals surface area contributed by atoms with Gasteiger partial charge in [-0.25, -0.2) is 4.79 Å². The number of piperidine rings is 1. The lowest BCUT2D eigenvalue weighted by Gasteiger charge is -2.32. The minimum atomic E-state index is -0.574. The maximum atomic E-state index is 12.3. The molecule has 0 bridgehead atoms. The molecule has 0 spiro atoms. The Morgan fingerprint density at radius 1 is 1.42 bits per heavy atom. The molecule has 8 nitrogen and oxygen atoms in total. The first-order valence-corrected chi connectivity index (χ1v) is 7.71. The second-order valence-electron chi connectivity index (χ2n) is 5.69. The molecule has 1 atom stereocenters. The third-order valence-electron chi connectivity index (χ3n) is 3.93. The summed E-state index contributed by atoms with van der Waals surface area (Å²) in [7, 11) is 0. The van der Waals surface area contributed by atoms with Gasteiger partial charge in [0.25, 0.3) is 5.69 Å². The van der Waals surface area contributed by atoms with Crippen LogP contribution in [0.4, 0.5) is 10.5 Å². The topological polar surface area (TPSA) is 119 Å². The lowest BCUT2D eigenvalue weighted by Crippen LogP contribution is -2.44. The Balaban J connectivity index is 1.99. The highest BCUT2D eigenvalue weighted by Crippen LogP contribution is 2.20. The zero-order valence-corrected chi connectivity index (χ0v) is 13.2. The van der Waals surface area contributed by atoms with Gasteiger partial charge in [0.15, 0.2) is 0 Å². The molecule has 3 amide bonds. The number of nitrogens with two attached hydrogens (primary N) is 1. The number of hydrogen-bond donors (Lipinski definition) is 2. The number of amides is 3. The molecule has 8 heteroatoms. The number of para-hydroxylation sites is 1. The summed E-state index contributed by atoms with van der Waals surface area (Å²) in [5.74, 6) is -0.0356. The van der Waals surface area contributed by atoms with Crippen LogP contribution in [0.1, 0.15) is 18.4 Å². The van der Waals surface area contributed by atoms with Crippen molar-refractivity contribution < 1.29 is 14.5 Å². The lowest BCUT2D eigenvalue weighted by atomic mass is 9.98. The van der Waals surface area contributed by atoms with Gasteiger partial charge in [0.2, 0.25) is 5.91 Å². The first-order chi connectivity index (χ1) is 11.5. The predicted molar refractivity (Wildman–Crippen MR) is 89.0 cm³/mol. The van der Waals surface area contributed by atoms with Crippen LogP contribution in [0.3, 0.4) is 0 Å². The third-order valence-corrected chi connectivity index (χ3v) is 3.93. The van der Waals surface area contributed by atoms with Gasteiger partial charge >= 0.3 is 6.03 Å². The van der Waals surface area contributed by atoms with Crippen LogP contribution in [0, 0.1) is 16.0 Å². The molecule has 128 valence electrons. The Morgan fingerprint density at radius 3 is 2.88 bits per heavy atom. The van der Waals surface area contributed by atoms with Crippen molar-refractivity contribution in [2.45, 2.75) is 12.8 Å². The van der Waals surface area contributed by atoms with Crippen LogP contribution < -0.4 is 11.1 Å². The Labute approximate surface area is 139 Å². The summed E-state index contributed by atoms with van der Waals surface area (Å²) in [6.45, 7) is 1.60. The number of primary amides is 1. The number of carbonyl (C=O) groups excluding carboxylic acids is 2. The van der Waals surface area contributed by atoms with Crippen LogP contribution in [0.2, 0.25) is 0 Å². The molecule has 3 N–H and O–H groups in total. The maximum Gasteiger partial charge on any atom is 0.312 e. The molecule has 0 aliphatic carbocycles. The van der Waals surface area contributed by atoms with Gasteiger partial charge in [0.05, 0.1) is 10.5 Å². The fourth-order valence-electron chi connectivity index (χ4n) is 2.74. The summed E-state index contributed by atoms with van der Waals surface area (Å²) in [5, 5.41) is 13.5. The van der Waals surface area contributed by atoms with E-state index in [1.54, 1.807) is 23.1 Å². The van der Waals surface area contributed by atoms with E-state index in [9.17, 15) is 19.7 Å². The largest absolute Gasteiger partial charge is 0.352 e. The van der Waals surface area contributed by atoms with E-state index in [0.29, 0.717) is 25.2 Å². The predicted octanol–water partition coefficient (Wildman–Crippen LogP) is 1.51. The van der Waals surface area contributed by atoms with Crippen LogP contribution in [-0.4, -0.2) is 41.4 Å². The number of likely N-dealkylation sites (tertiary alicyclic amines) is 1. The molecule has 1 unspecified atom stereocenters. The third kappa shape index (κ3) is 4.80. The minimum Gasteiger partial charge on any atom is -0.352 e. The molecule has 1 aliphatic heterocycles. The van der Waals surface area contributed by atoms with E-state index in [1.807, 2.05) is 0 Å². The van der Waals surface area contributed by atoms with Crippen molar-refractivity contribution in [3.05, 3.63) is 46.0 Å². The quantitative estimate of drug-likeness (QED) is 0.482. The van der Waals surface area contributed by atoms with Crippen LogP contribution in [0.5, 0.6) is 0 Å². The van der Waals surface area contributed by atoms with E-state index in [-0.39, 0.29) is 17.5 Å². The fourth-order valence-corrected chi connectivity index (χ4v) is 2.74. The molecule has 1 aromatic carbocycles. The molecule has 24 heavy (non-hydrogen) atoms. The highest BCUT2D eigenvalue weighted by molar-refractivity contribution is 5.92. The molecule has 1 fully saturated rings. The van der Waals surface area contributed by atoms with Gasteiger partial charge in [0.1, 0.15) is 0 Å². The minimum absolute atomic E-state index is 0.0382. The van der Waals surface area contributed by atoms with Crippen LogP contribution in [-0.2, 0) is 4.79 Å². The van der Waals surface area contributed by atoms with Gasteiger partial charge in [-0.05, 0) is 30.9 Å². The smallest absolute Gasteiger partial charge is 0.312 e. The highest BCUT2D eigenvalue weighted by Gasteiger charge is 2.22. The van der Waals surface area contributed by atoms with E-state index >= 15 is 0 Å². The summed E-state index contributed by atoms with van der Waals surface area (Å²) < 4.78 is 0. The summed E-state index contributed by atoms with van der Waals surface area (Å²) in [5.41, 5.74) is 5.41. The van der Waals surface area contributed by atoms with Gasteiger partial charge < -0.3 is 16.0 Å². The Hall–Kier alpha value is -2.90. The summed E-state index contributed by atoms with van der Waals surface area (Å²) in [6, 6.07) is 5.69. The lowest BCUT2D eigenvalue weighted by molar-refractivity contribution is -0.385. The van der Waals surface area contributed by atoms with Crippen LogP contribution >= 0.6 is 0 Å². The Morgan fingerprint density at radius 2 is 2.17 bits per heavy atom. The molecular formula is C16H20N4O4. The van der Waals surface area contributed by atoms with E-state index in [4.69, 9.17) is 5.73 Å². The second-order valence-corrected chi connectivity index (χ2v) is 5.69. The number of nitrogens with one attached hydrogen (secondary N) is 1. The van der Waals surface area contributed by atoms with Gasteiger partial charge in [-0.3, -0.25) is 14.9 Å². The first-order valence-electron chi connectivity index (χ1n) is 7.71. The summed E-state index contributed by atoms with van der Waals surface area (Å²) in [6.07, 6.45) is 4.58. The van der Waals surface area contributed by atoms with Crippen molar-refractivity contribution in [2.24, 2.45) is 11.7 Å². The van der Waals surface area contributed by atoms with E-state index in [0.717, 1.165) is 12.8 Å². The number of benzene rings is 1. The van der Waals surface area contributed by atoms with Gasteiger partial charge in [0, 0.05) is 31.8 Å². The van der Waals surface area contributed by atoms with Crippen molar-refractivity contribution in [2.75, 3.05) is 19.6 Å². The zero-order valence-electron chi connectivity index (χ0n) is 13.2. The van der Waals surface area contributed by atoms with Crippen molar-refractivity contribution in [1.82, 2.24) is 10.2 Å². The molecule has 1 aliphatic rings. The highest BCUT2D eigenvalue weighted by atomic mass is 16.6. The van der Waals surface area contributed by atoms with Crippen molar-refractivity contribution >= 4 is 23.7 Å². The second kappa shape index (κ2) is 8.09.